The van der Waals surface area contributed by atoms with Crippen LogP contribution >= 0.6 is 0 Å². The van der Waals surface area contributed by atoms with E-state index in [9.17, 15) is 32.4 Å². The van der Waals surface area contributed by atoms with Gasteiger partial charge in [-0.3, -0.25) is 19.2 Å². The summed E-state index contributed by atoms with van der Waals surface area (Å²) >= 11 is 0. The molecule has 2 aliphatic rings. The number of carbonyl (C=O) groups excluding carboxylic acids is 5. The molecular weight excluding hydrogens is 675 g/mol. The van der Waals surface area contributed by atoms with Gasteiger partial charge in [0.25, 0.3) is 5.91 Å². The number of terminal acetylenes is 1. The summed E-state index contributed by atoms with van der Waals surface area (Å²) in [6, 6.07) is -0.748. The fourth-order valence-corrected chi connectivity index (χ4v) is 9.00. The maximum Gasteiger partial charge on any atom is 0.315 e. The molecule has 1 aromatic heterocycles. The number of rotatable bonds is 16. The Hall–Kier alpha value is -4.12. The Morgan fingerprint density at radius 3 is 2.39 bits per heavy atom. The molecule has 0 radical (unpaired) electrons. The Balaban J connectivity index is 1.85. The van der Waals surface area contributed by atoms with Gasteiger partial charge in [-0.1, -0.05) is 60.0 Å². The van der Waals surface area contributed by atoms with Crippen LogP contribution in [0, 0.1) is 29.6 Å². The predicted octanol–water partition coefficient (Wildman–Crippen LogP) is 3.25. The first-order valence-corrected chi connectivity index (χ1v) is 19.5. The quantitative estimate of drug-likeness (QED) is 0.114. The number of sulfone groups is 1. The molecule has 51 heavy (non-hydrogen) atoms. The molecule has 0 spiro atoms. The largest absolute Gasteiger partial charge is 0.468 e. The minimum Gasteiger partial charge on any atom is -0.468 e. The van der Waals surface area contributed by atoms with Crippen LogP contribution in [0.5, 0.6) is 0 Å². The Morgan fingerprint density at radius 1 is 1.14 bits per heavy atom. The molecule has 2 fully saturated rings. The summed E-state index contributed by atoms with van der Waals surface area (Å²) in [5.74, 6) is -0.933. The number of amides is 5. The summed E-state index contributed by atoms with van der Waals surface area (Å²) < 4.78 is 31.8. The molecule has 2 heterocycles. The van der Waals surface area contributed by atoms with Crippen LogP contribution < -0.4 is 21.3 Å². The molecule has 1 aliphatic carbocycles. The smallest absolute Gasteiger partial charge is 0.315 e. The van der Waals surface area contributed by atoms with E-state index >= 15 is 0 Å². The Morgan fingerprint density at radius 2 is 1.82 bits per heavy atom. The van der Waals surface area contributed by atoms with E-state index < -0.39 is 68.5 Å². The SMILES string of the molecule is C#CCCC(NC(=O)C1C(C(C)C)CCN1C(=O)C(NC(=O)NC1(CS(=O)(=O)Cc2ccco2)CCCCC1)C(C)(C)C)C(=O)C(=O)NCC=C. The molecule has 14 heteroatoms. The maximum atomic E-state index is 14.4. The van der Waals surface area contributed by atoms with E-state index in [-0.39, 0.29) is 49.3 Å². The number of ketones is 1. The van der Waals surface area contributed by atoms with Crippen molar-refractivity contribution in [2.24, 2.45) is 17.3 Å². The lowest BCUT2D eigenvalue weighted by atomic mass is 9.83. The third kappa shape index (κ3) is 11.4. The van der Waals surface area contributed by atoms with Gasteiger partial charge < -0.3 is 30.6 Å². The van der Waals surface area contributed by atoms with Crippen LogP contribution in [0.1, 0.15) is 91.7 Å². The lowest BCUT2D eigenvalue weighted by Crippen LogP contribution is -2.63. The molecule has 1 aliphatic heterocycles. The second kappa shape index (κ2) is 17.9. The molecule has 3 rings (SSSR count). The second-order valence-corrected chi connectivity index (χ2v) is 17.3. The standard InChI is InChI=1S/C37H55N5O8S/c1-8-10-16-28(30(43)33(45)38-20-9-2)39-32(44)29-27(25(3)4)17-21-42(29)34(46)31(36(5,6)7)40-35(47)41-37(18-12-11-13-19-37)24-51(48,49)23-26-15-14-22-50-26/h1,9,14-15,22,25,27-29,31H,2,10-13,16-21,23-24H2,3-7H3,(H,38,45)(H,39,44)(H2,40,41,47). The highest BCUT2D eigenvalue weighted by Crippen LogP contribution is 2.34. The van der Waals surface area contributed by atoms with Crippen LogP contribution in [0.3, 0.4) is 0 Å². The topological polar surface area (TPSA) is 184 Å². The van der Waals surface area contributed by atoms with E-state index in [1.54, 1.807) is 32.9 Å². The Labute approximate surface area is 302 Å². The van der Waals surface area contributed by atoms with Gasteiger partial charge in [0.2, 0.25) is 17.6 Å². The fraction of sp³-hybridized carbons (Fsp3) is 0.649. The van der Waals surface area contributed by atoms with Crippen molar-refractivity contribution in [1.82, 2.24) is 26.2 Å². The van der Waals surface area contributed by atoms with Crippen LogP contribution in [0.25, 0.3) is 0 Å². The number of furan rings is 1. The van der Waals surface area contributed by atoms with Crippen molar-refractivity contribution in [2.75, 3.05) is 18.8 Å². The van der Waals surface area contributed by atoms with Crippen molar-refractivity contribution >= 4 is 39.4 Å². The lowest BCUT2D eigenvalue weighted by molar-refractivity contribution is -0.144. The molecule has 1 saturated heterocycles. The zero-order chi connectivity index (χ0) is 38.0. The molecule has 282 valence electrons. The van der Waals surface area contributed by atoms with Crippen LogP contribution in [0.4, 0.5) is 4.79 Å². The van der Waals surface area contributed by atoms with E-state index in [4.69, 9.17) is 10.8 Å². The first-order chi connectivity index (χ1) is 23.9. The third-order valence-electron chi connectivity index (χ3n) is 9.71. The summed E-state index contributed by atoms with van der Waals surface area (Å²) in [5.41, 5.74) is -1.85. The van der Waals surface area contributed by atoms with E-state index in [1.807, 2.05) is 13.8 Å². The number of nitrogens with one attached hydrogen (secondary N) is 4. The summed E-state index contributed by atoms with van der Waals surface area (Å²) in [6.45, 7) is 13.1. The number of hydrogen-bond acceptors (Lipinski definition) is 8. The lowest BCUT2D eigenvalue weighted by Gasteiger charge is -2.40. The number of hydrogen-bond donors (Lipinski definition) is 4. The number of likely N-dealkylation sites (tertiary alicyclic amines) is 1. The molecule has 4 unspecified atom stereocenters. The molecular formula is C37H55N5O8S. The molecule has 4 N–H and O–H groups in total. The first-order valence-electron chi connectivity index (χ1n) is 17.7. The summed E-state index contributed by atoms with van der Waals surface area (Å²) in [5, 5.41) is 10.9. The van der Waals surface area contributed by atoms with Crippen LogP contribution in [-0.4, -0.2) is 85.4 Å². The fourth-order valence-electron chi connectivity index (χ4n) is 7.10. The molecule has 0 bridgehead atoms. The van der Waals surface area contributed by atoms with Gasteiger partial charge in [0.15, 0.2) is 9.84 Å². The number of Topliss-reactive ketones (excluding diaryl/α,β-unsaturated/α-hetero) is 1. The van der Waals surface area contributed by atoms with Gasteiger partial charge in [-0.25, -0.2) is 13.2 Å². The summed E-state index contributed by atoms with van der Waals surface area (Å²) in [6.07, 6.45) is 12.2. The molecule has 1 aromatic rings. The van der Waals surface area contributed by atoms with Gasteiger partial charge in [0.05, 0.1) is 23.6 Å². The molecule has 1 saturated carbocycles. The van der Waals surface area contributed by atoms with Gasteiger partial charge in [-0.05, 0) is 55.1 Å². The van der Waals surface area contributed by atoms with Crippen molar-refractivity contribution in [3.63, 3.8) is 0 Å². The number of carbonyl (C=O) groups is 5. The van der Waals surface area contributed by atoms with Crippen molar-refractivity contribution < 1.29 is 36.8 Å². The zero-order valence-corrected chi connectivity index (χ0v) is 31.4. The van der Waals surface area contributed by atoms with E-state index in [1.165, 1.54) is 17.2 Å². The first kappa shape index (κ1) is 41.3. The average molecular weight is 730 g/mol. The normalized spacial score (nSPS) is 20.1. The monoisotopic (exact) mass is 729 g/mol. The van der Waals surface area contributed by atoms with Gasteiger partial charge >= 0.3 is 6.03 Å². The van der Waals surface area contributed by atoms with Crippen molar-refractivity contribution in [3.05, 3.63) is 36.8 Å². The van der Waals surface area contributed by atoms with Crippen LogP contribution in [0.15, 0.2) is 35.5 Å². The maximum absolute atomic E-state index is 14.4. The van der Waals surface area contributed by atoms with Gasteiger partial charge in [-0.15, -0.1) is 18.9 Å². The Bertz CT molecular complexity index is 1550. The molecule has 4 atom stereocenters. The van der Waals surface area contributed by atoms with Crippen molar-refractivity contribution in [2.45, 2.75) is 115 Å². The van der Waals surface area contributed by atoms with Gasteiger partial charge in [-0.2, -0.15) is 0 Å². The van der Waals surface area contributed by atoms with Gasteiger partial charge in [0.1, 0.15) is 23.6 Å². The minimum absolute atomic E-state index is 0.0204. The van der Waals surface area contributed by atoms with Gasteiger partial charge in [0, 0.05) is 19.5 Å². The number of nitrogens with zero attached hydrogens (tertiary/aromatic N) is 1. The number of urea groups is 1. The highest BCUT2D eigenvalue weighted by molar-refractivity contribution is 7.90. The van der Waals surface area contributed by atoms with Crippen LogP contribution in [-0.2, 0) is 34.8 Å². The molecule has 5 amide bonds. The van der Waals surface area contributed by atoms with E-state index in [0.717, 1.165) is 19.3 Å². The van der Waals surface area contributed by atoms with E-state index in [2.05, 4.69) is 33.8 Å². The Kier molecular flexibility index (Phi) is 14.5. The van der Waals surface area contributed by atoms with Crippen molar-refractivity contribution in [3.8, 4) is 12.3 Å². The minimum atomic E-state index is -3.68. The summed E-state index contributed by atoms with van der Waals surface area (Å²) in [4.78, 5) is 69.2. The molecule has 13 nitrogen and oxygen atoms in total. The highest BCUT2D eigenvalue weighted by Gasteiger charge is 2.48. The second-order valence-electron chi connectivity index (χ2n) is 15.2. The predicted molar refractivity (Wildman–Crippen MR) is 194 cm³/mol. The van der Waals surface area contributed by atoms with Crippen LogP contribution in [0.2, 0.25) is 0 Å². The van der Waals surface area contributed by atoms with E-state index in [0.29, 0.717) is 25.0 Å². The third-order valence-corrected chi connectivity index (χ3v) is 11.4. The van der Waals surface area contributed by atoms with Crippen molar-refractivity contribution in [1.29, 1.82) is 0 Å². The highest BCUT2D eigenvalue weighted by atomic mass is 32.2. The summed E-state index contributed by atoms with van der Waals surface area (Å²) in [7, 11) is -3.68. The zero-order valence-electron chi connectivity index (χ0n) is 30.6. The molecule has 0 aromatic carbocycles. The average Bonchev–Trinajstić information content (AvgIpc) is 3.73.